The van der Waals surface area contributed by atoms with Gasteiger partial charge in [0.05, 0.1) is 22.4 Å². The maximum absolute atomic E-state index is 12.0. The zero-order valence-corrected chi connectivity index (χ0v) is 11.5. The lowest BCUT2D eigenvalue weighted by Gasteiger charge is -2.25. The molecule has 2 unspecified atom stereocenters. The van der Waals surface area contributed by atoms with E-state index in [9.17, 15) is 9.90 Å². The Balaban J connectivity index is 1.92. The standard InChI is InChI=1S/C14H19ClN2O2/c15-13-11(5-2-6-12(13)16)14(19)17-8-9-3-1-4-10(18)7-9/h2,5-6,9-10,18H,1,3-4,7-8,16H2,(H,17,19). The fourth-order valence-corrected chi connectivity index (χ4v) is 2.72. The van der Waals surface area contributed by atoms with Crippen molar-refractivity contribution in [1.29, 1.82) is 0 Å². The van der Waals surface area contributed by atoms with Gasteiger partial charge in [-0.3, -0.25) is 4.79 Å². The van der Waals surface area contributed by atoms with E-state index in [2.05, 4.69) is 5.32 Å². The third kappa shape index (κ3) is 3.61. The van der Waals surface area contributed by atoms with Gasteiger partial charge in [-0.05, 0) is 37.3 Å². The van der Waals surface area contributed by atoms with E-state index in [1.807, 2.05) is 0 Å². The molecule has 2 rings (SSSR count). The molecule has 1 aliphatic rings. The molecule has 0 saturated heterocycles. The number of aliphatic hydroxyl groups excluding tert-OH is 1. The Hall–Kier alpha value is -1.26. The molecule has 0 heterocycles. The number of halogens is 1. The van der Waals surface area contributed by atoms with Crippen LogP contribution in [0, 0.1) is 5.92 Å². The van der Waals surface area contributed by atoms with Crippen molar-refractivity contribution in [3.63, 3.8) is 0 Å². The number of carbonyl (C=O) groups is 1. The Kier molecular flexibility index (Phi) is 4.66. The molecular weight excluding hydrogens is 264 g/mol. The van der Waals surface area contributed by atoms with Crippen LogP contribution in [0.2, 0.25) is 5.02 Å². The molecule has 1 fully saturated rings. The molecule has 5 heteroatoms. The average molecular weight is 283 g/mol. The Morgan fingerprint density at radius 3 is 3.00 bits per heavy atom. The maximum atomic E-state index is 12.0. The number of rotatable bonds is 3. The van der Waals surface area contributed by atoms with Gasteiger partial charge in [-0.25, -0.2) is 0 Å². The van der Waals surface area contributed by atoms with Gasteiger partial charge in [0.1, 0.15) is 0 Å². The molecule has 1 aliphatic carbocycles. The lowest BCUT2D eigenvalue weighted by atomic mass is 9.87. The molecule has 104 valence electrons. The van der Waals surface area contributed by atoms with E-state index in [4.69, 9.17) is 17.3 Å². The summed E-state index contributed by atoms with van der Waals surface area (Å²) in [6.07, 6.45) is 3.45. The topological polar surface area (TPSA) is 75.4 Å². The number of anilines is 1. The van der Waals surface area contributed by atoms with E-state index in [-0.39, 0.29) is 12.0 Å². The van der Waals surface area contributed by atoms with Gasteiger partial charge in [0.2, 0.25) is 0 Å². The number of aliphatic hydroxyl groups is 1. The first-order valence-corrected chi connectivity index (χ1v) is 6.96. The minimum atomic E-state index is -0.230. The van der Waals surface area contributed by atoms with Crippen LogP contribution in [-0.4, -0.2) is 23.7 Å². The monoisotopic (exact) mass is 282 g/mol. The number of hydrogen-bond acceptors (Lipinski definition) is 3. The molecule has 2 atom stereocenters. The number of hydrogen-bond donors (Lipinski definition) is 3. The van der Waals surface area contributed by atoms with E-state index in [1.165, 1.54) is 0 Å². The number of amides is 1. The summed E-state index contributed by atoms with van der Waals surface area (Å²) in [6.45, 7) is 0.570. The van der Waals surface area contributed by atoms with E-state index in [0.717, 1.165) is 25.7 Å². The molecule has 0 radical (unpaired) electrons. The molecular formula is C14H19ClN2O2. The van der Waals surface area contributed by atoms with Crippen LogP contribution in [-0.2, 0) is 0 Å². The molecule has 0 spiro atoms. The maximum Gasteiger partial charge on any atom is 0.252 e. The van der Waals surface area contributed by atoms with Crippen molar-refractivity contribution < 1.29 is 9.90 Å². The highest BCUT2D eigenvalue weighted by Crippen LogP contribution is 2.25. The van der Waals surface area contributed by atoms with Crippen molar-refractivity contribution in [1.82, 2.24) is 5.32 Å². The Labute approximate surface area is 117 Å². The summed E-state index contributed by atoms with van der Waals surface area (Å²) >= 11 is 6.01. The van der Waals surface area contributed by atoms with Gasteiger partial charge in [0, 0.05) is 6.54 Å². The molecule has 0 aliphatic heterocycles. The van der Waals surface area contributed by atoms with Crippen LogP contribution in [0.1, 0.15) is 36.0 Å². The molecule has 0 bridgehead atoms. The second-order valence-corrected chi connectivity index (χ2v) is 5.48. The van der Waals surface area contributed by atoms with Crippen molar-refractivity contribution in [2.45, 2.75) is 31.8 Å². The smallest absolute Gasteiger partial charge is 0.252 e. The number of carbonyl (C=O) groups excluding carboxylic acids is 1. The van der Waals surface area contributed by atoms with Gasteiger partial charge in [-0.1, -0.05) is 24.1 Å². The zero-order valence-electron chi connectivity index (χ0n) is 10.7. The van der Waals surface area contributed by atoms with Crippen molar-refractivity contribution in [2.75, 3.05) is 12.3 Å². The van der Waals surface area contributed by atoms with Crippen LogP contribution in [0.4, 0.5) is 5.69 Å². The Bertz CT molecular complexity index is 465. The highest BCUT2D eigenvalue weighted by Gasteiger charge is 2.21. The molecule has 1 aromatic carbocycles. The van der Waals surface area contributed by atoms with Crippen LogP contribution in [0.15, 0.2) is 18.2 Å². The summed E-state index contributed by atoms with van der Waals surface area (Å²) in [4.78, 5) is 12.0. The number of nitrogens with one attached hydrogen (secondary N) is 1. The molecule has 1 aromatic rings. The average Bonchev–Trinajstić information content (AvgIpc) is 2.39. The highest BCUT2D eigenvalue weighted by molar-refractivity contribution is 6.36. The first kappa shape index (κ1) is 14.2. The molecule has 4 nitrogen and oxygen atoms in total. The SMILES string of the molecule is Nc1cccc(C(=O)NCC2CCCC(O)C2)c1Cl. The molecule has 4 N–H and O–H groups in total. The van der Waals surface area contributed by atoms with E-state index < -0.39 is 0 Å². The largest absolute Gasteiger partial charge is 0.398 e. The quantitative estimate of drug-likeness (QED) is 0.744. The lowest BCUT2D eigenvalue weighted by molar-refractivity contribution is 0.0874. The summed E-state index contributed by atoms with van der Waals surface area (Å²) in [6, 6.07) is 5.03. The fourth-order valence-electron chi connectivity index (χ4n) is 2.51. The van der Waals surface area contributed by atoms with Crippen molar-refractivity contribution >= 4 is 23.2 Å². The van der Waals surface area contributed by atoms with Crippen LogP contribution >= 0.6 is 11.6 Å². The van der Waals surface area contributed by atoms with Gasteiger partial charge < -0.3 is 16.2 Å². The van der Waals surface area contributed by atoms with Gasteiger partial charge in [0.25, 0.3) is 5.91 Å². The summed E-state index contributed by atoms with van der Waals surface area (Å²) in [5.74, 6) is 0.130. The summed E-state index contributed by atoms with van der Waals surface area (Å²) in [5.41, 5.74) is 6.48. The fraction of sp³-hybridized carbons (Fsp3) is 0.500. The van der Waals surface area contributed by atoms with Crippen molar-refractivity contribution in [3.05, 3.63) is 28.8 Å². The predicted octanol–water partition coefficient (Wildman–Crippen LogP) is 2.20. The van der Waals surface area contributed by atoms with Crippen LogP contribution in [0.25, 0.3) is 0 Å². The highest BCUT2D eigenvalue weighted by atomic mass is 35.5. The van der Waals surface area contributed by atoms with E-state index in [1.54, 1.807) is 18.2 Å². The number of benzene rings is 1. The normalized spacial score (nSPS) is 23.1. The summed E-state index contributed by atoms with van der Waals surface area (Å²) in [7, 11) is 0. The second-order valence-electron chi connectivity index (χ2n) is 5.11. The molecule has 0 aromatic heterocycles. The van der Waals surface area contributed by atoms with Crippen molar-refractivity contribution in [2.24, 2.45) is 5.92 Å². The van der Waals surface area contributed by atoms with Gasteiger partial charge in [0.15, 0.2) is 0 Å². The minimum Gasteiger partial charge on any atom is -0.398 e. The van der Waals surface area contributed by atoms with E-state index in [0.29, 0.717) is 28.7 Å². The second kappa shape index (κ2) is 6.26. The molecule has 1 amide bonds. The van der Waals surface area contributed by atoms with Gasteiger partial charge >= 0.3 is 0 Å². The van der Waals surface area contributed by atoms with Crippen LogP contribution in [0.5, 0.6) is 0 Å². The Morgan fingerprint density at radius 2 is 2.26 bits per heavy atom. The summed E-state index contributed by atoms with van der Waals surface area (Å²) < 4.78 is 0. The minimum absolute atomic E-state index is 0.211. The summed E-state index contributed by atoms with van der Waals surface area (Å²) in [5, 5.41) is 12.8. The molecule has 19 heavy (non-hydrogen) atoms. The lowest BCUT2D eigenvalue weighted by Crippen LogP contribution is -2.33. The zero-order chi connectivity index (χ0) is 13.8. The van der Waals surface area contributed by atoms with Crippen LogP contribution in [0.3, 0.4) is 0 Å². The van der Waals surface area contributed by atoms with E-state index >= 15 is 0 Å². The Morgan fingerprint density at radius 1 is 1.47 bits per heavy atom. The van der Waals surface area contributed by atoms with Crippen molar-refractivity contribution in [3.8, 4) is 0 Å². The number of nitrogen functional groups attached to an aromatic ring is 1. The number of nitrogens with two attached hydrogens (primary N) is 1. The first-order valence-electron chi connectivity index (χ1n) is 6.58. The molecule has 1 saturated carbocycles. The predicted molar refractivity (Wildman–Crippen MR) is 76.2 cm³/mol. The van der Waals surface area contributed by atoms with Gasteiger partial charge in [-0.2, -0.15) is 0 Å². The third-order valence-electron chi connectivity index (χ3n) is 3.58. The van der Waals surface area contributed by atoms with Crippen LogP contribution < -0.4 is 11.1 Å². The first-order chi connectivity index (χ1) is 9.08. The third-order valence-corrected chi connectivity index (χ3v) is 4.00. The van der Waals surface area contributed by atoms with Gasteiger partial charge in [-0.15, -0.1) is 0 Å².